The Hall–Kier alpha value is -2.45. The van der Waals surface area contributed by atoms with E-state index in [1.165, 1.54) is 31.4 Å². The molecule has 3 rings (SSSR count). The van der Waals surface area contributed by atoms with E-state index in [0.29, 0.717) is 23.3 Å². The van der Waals surface area contributed by atoms with Crippen molar-refractivity contribution in [2.24, 2.45) is 5.16 Å². The zero-order valence-corrected chi connectivity index (χ0v) is 19.7. The molecule has 1 saturated carbocycles. The van der Waals surface area contributed by atoms with Crippen molar-refractivity contribution in [2.75, 3.05) is 32.7 Å². The van der Waals surface area contributed by atoms with Gasteiger partial charge in [-0.05, 0) is 25.0 Å². The van der Waals surface area contributed by atoms with Gasteiger partial charge < -0.3 is 14.3 Å². The number of carbonyl (C=O) groups is 1. The second kappa shape index (κ2) is 11.6. The SMILES string of the molecule is COCCNS(=O)(=O)c1ccc(/C(=N\O[C@@H]2CC[C@@H](OC)C2)C(=O)Nc2ncc(F)s2)cc1. The number of nitrogens with one attached hydrogen (secondary N) is 2. The van der Waals surface area contributed by atoms with Gasteiger partial charge in [0.05, 0.1) is 23.8 Å². The minimum Gasteiger partial charge on any atom is -0.392 e. The number of ether oxygens (including phenoxy) is 2. The van der Waals surface area contributed by atoms with Gasteiger partial charge in [-0.15, -0.1) is 0 Å². The van der Waals surface area contributed by atoms with Crippen molar-refractivity contribution in [3.8, 4) is 0 Å². The van der Waals surface area contributed by atoms with Crippen molar-refractivity contribution >= 4 is 38.1 Å². The third-order valence-corrected chi connectivity index (χ3v) is 7.09. The molecule has 1 aliphatic carbocycles. The number of nitrogens with zero attached hydrogens (tertiary/aromatic N) is 2. The largest absolute Gasteiger partial charge is 0.392 e. The number of benzene rings is 1. The maximum Gasteiger partial charge on any atom is 0.280 e. The van der Waals surface area contributed by atoms with Crippen LogP contribution in [-0.4, -0.2) is 64.6 Å². The molecular formula is C20H25FN4O6S2. The van der Waals surface area contributed by atoms with E-state index in [1.807, 2.05) is 0 Å². The highest BCUT2D eigenvalue weighted by Gasteiger charge is 2.27. The summed E-state index contributed by atoms with van der Waals surface area (Å²) in [5.41, 5.74) is 0.226. The number of amides is 1. The van der Waals surface area contributed by atoms with Crippen LogP contribution in [0.5, 0.6) is 0 Å². The van der Waals surface area contributed by atoms with Crippen LogP contribution in [0.25, 0.3) is 0 Å². The highest BCUT2D eigenvalue weighted by molar-refractivity contribution is 7.89. The summed E-state index contributed by atoms with van der Waals surface area (Å²) in [6, 6.07) is 5.60. The van der Waals surface area contributed by atoms with Crippen LogP contribution in [0, 0.1) is 5.13 Å². The third kappa shape index (κ3) is 7.01. The average Bonchev–Trinajstić information content (AvgIpc) is 3.43. The molecule has 1 fully saturated rings. The predicted octanol–water partition coefficient (Wildman–Crippen LogP) is 2.13. The van der Waals surface area contributed by atoms with E-state index in [-0.39, 0.29) is 41.1 Å². The molecule has 1 amide bonds. The molecular weight excluding hydrogens is 475 g/mol. The van der Waals surface area contributed by atoms with Gasteiger partial charge in [0.1, 0.15) is 6.10 Å². The van der Waals surface area contributed by atoms with Gasteiger partial charge >= 0.3 is 0 Å². The molecule has 10 nitrogen and oxygen atoms in total. The molecule has 1 aliphatic rings. The zero-order valence-electron chi connectivity index (χ0n) is 18.1. The van der Waals surface area contributed by atoms with Crippen LogP contribution in [0.1, 0.15) is 24.8 Å². The summed E-state index contributed by atoms with van der Waals surface area (Å²) in [6.45, 7) is 0.353. The van der Waals surface area contributed by atoms with Crippen molar-refractivity contribution in [2.45, 2.75) is 36.4 Å². The van der Waals surface area contributed by atoms with E-state index in [2.05, 4.69) is 20.2 Å². The number of oxime groups is 1. The van der Waals surface area contributed by atoms with Gasteiger partial charge in [0, 0.05) is 32.7 Å². The van der Waals surface area contributed by atoms with Gasteiger partial charge in [-0.2, -0.15) is 4.39 Å². The van der Waals surface area contributed by atoms with Crippen LogP contribution in [-0.2, 0) is 29.1 Å². The Bertz CT molecular complexity index is 1070. The minimum atomic E-state index is -3.74. The molecule has 0 saturated heterocycles. The maximum atomic E-state index is 13.3. The van der Waals surface area contributed by atoms with Crippen LogP contribution in [0.4, 0.5) is 9.52 Å². The van der Waals surface area contributed by atoms with Gasteiger partial charge in [0.2, 0.25) is 10.0 Å². The van der Waals surface area contributed by atoms with Crippen LogP contribution >= 0.6 is 11.3 Å². The van der Waals surface area contributed by atoms with E-state index in [1.54, 1.807) is 7.11 Å². The first-order valence-electron chi connectivity index (χ1n) is 10.1. The summed E-state index contributed by atoms with van der Waals surface area (Å²) in [5, 5.41) is 6.05. The van der Waals surface area contributed by atoms with Gasteiger partial charge in [-0.1, -0.05) is 28.6 Å². The summed E-state index contributed by atoms with van der Waals surface area (Å²) < 4.78 is 50.6. The number of aromatic nitrogens is 1. The van der Waals surface area contributed by atoms with Crippen LogP contribution < -0.4 is 10.0 Å². The summed E-state index contributed by atoms with van der Waals surface area (Å²) in [7, 11) is -0.644. The molecule has 0 bridgehead atoms. The lowest BCUT2D eigenvalue weighted by Crippen LogP contribution is -2.27. The Balaban J connectivity index is 1.80. The number of thiazole rings is 1. The van der Waals surface area contributed by atoms with Crippen molar-refractivity contribution in [1.29, 1.82) is 0 Å². The molecule has 1 heterocycles. The van der Waals surface area contributed by atoms with Crippen molar-refractivity contribution in [1.82, 2.24) is 9.71 Å². The number of hydrogen-bond acceptors (Lipinski definition) is 9. The van der Waals surface area contributed by atoms with E-state index >= 15 is 0 Å². The van der Waals surface area contributed by atoms with Crippen LogP contribution in [0.2, 0.25) is 0 Å². The van der Waals surface area contributed by atoms with Gasteiger partial charge in [0.15, 0.2) is 16.0 Å². The van der Waals surface area contributed by atoms with Gasteiger partial charge in [-0.3, -0.25) is 10.1 Å². The summed E-state index contributed by atoms with van der Waals surface area (Å²) >= 11 is 0.671. The number of carbonyl (C=O) groups excluding carboxylic acids is 1. The first-order chi connectivity index (χ1) is 15.8. The number of rotatable bonds is 11. The summed E-state index contributed by atoms with van der Waals surface area (Å²) in [5.74, 6) is -0.667. The molecule has 13 heteroatoms. The molecule has 0 aliphatic heterocycles. The second-order valence-corrected chi connectivity index (χ2v) is 9.92. The number of anilines is 1. The molecule has 0 unspecified atom stereocenters. The molecule has 180 valence electrons. The number of methoxy groups -OCH3 is 2. The topological polar surface area (TPSA) is 128 Å². The minimum absolute atomic E-state index is 0.0174. The van der Waals surface area contributed by atoms with Crippen molar-refractivity contribution < 1.29 is 31.9 Å². The Morgan fingerprint density at radius 3 is 2.58 bits per heavy atom. The fourth-order valence-corrected chi connectivity index (χ4v) is 4.74. The lowest BCUT2D eigenvalue weighted by atomic mass is 10.1. The molecule has 2 aromatic rings. The Labute approximate surface area is 195 Å². The summed E-state index contributed by atoms with van der Waals surface area (Å²) in [4.78, 5) is 22.2. The molecule has 0 radical (unpaired) electrons. The monoisotopic (exact) mass is 500 g/mol. The highest BCUT2D eigenvalue weighted by atomic mass is 32.2. The maximum absolute atomic E-state index is 13.3. The Morgan fingerprint density at radius 1 is 1.24 bits per heavy atom. The molecule has 2 atom stereocenters. The average molecular weight is 501 g/mol. The number of hydrogen-bond donors (Lipinski definition) is 2. The lowest BCUT2D eigenvalue weighted by molar-refractivity contribution is -0.110. The quantitative estimate of drug-likeness (QED) is 0.275. The Morgan fingerprint density at radius 2 is 1.97 bits per heavy atom. The number of sulfonamides is 1. The van der Waals surface area contributed by atoms with E-state index in [0.717, 1.165) is 19.0 Å². The first kappa shape index (κ1) is 25.2. The molecule has 1 aromatic carbocycles. The summed E-state index contributed by atoms with van der Waals surface area (Å²) in [6.07, 6.45) is 3.01. The molecule has 1 aromatic heterocycles. The fourth-order valence-electron chi connectivity index (χ4n) is 3.18. The smallest absolute Gasteiger partial charge is 0.280 e. The standard InChI is InChI=1S/C20H25FN4O6S2/c1-29-10-9-23-33(27,28)16-7-3-13(4-8-16)18(19(26)24-20-22-12-17(21)32-20)25-31-15-6-5-14(11-15)30-2/h3-4,7-8,12,14-15,23H,5-6,9-11H2,1-2H3,(H,22,24,26)/b25-18+/t14-,15-/m1/s1. The van der Waals surface area contributed by atoms with Gasteiger partial charge in [0.25, 0.3) is 5.91 Å². The second-order valence-electron chi connectivity index (χ2n) is 7.18. The van der Waals surface area contributed by atoms with E-state index in [9.17, 15) is 17.6 Å². The Kier molecular flexibility index (Phi) is 8.86. The number of halogens is 1. The predicted molar refractivity (Wildman–Crippen MR) is 120 cm³/mol. The highest BCUT2D eigenvalue weighted by Crippen LogP contribution is 2.25. The van der Waals surface area contributed by atoms with E-state index in [4.69, 9.17) is 14.3 Å². The lowest BCUT2D eigenvalue weighted by Gasteiger charge is -2.12. The van der Waals surface area contributed by atoms with Gasteiger partial charge in [-0.25, -0.2) is 18.1 Å². The van der Waals surface area contributed by atoms with Crippen LogP contribution in [0.3, 0.4) is 0 Å². The van der Waals surface area contributed by atoms with Crippen molar-refractivity contribution in [3.05, 3.63) is 41.2 Å². The van der Waals surface area contributed by atoms with Crippen LogP contribution in [0.15, 0.2) is 40.5 Å². The zero-order chi connectivity index (χ0) is 23.8. The first-order valence-corrected chi connectivity index (χ1v) is 12.4. The normalized spacial score (nSPS) is 18.9. The molecule has 33 heavy (non-hydrogen) atoms. The van der Waals surface area contributed by atoms with E-state index < -0.39 is 21.1 Å². The van der Waals surface area contributed by atoms with Crippen molar-refractivity contribution in [3.63, 3.8) is 0 Å². The third-order valence-electron chi connectivity index (χ3n) is 4.91. The molecule has 2 N–H and O–H groups in total. The fraction of sp³-hybridized carbons (Fsp3) is 0.450. The molecule has 0 spiro atoms.